The van der Waals surface area contributed by atoms with Crippen LogP contribution >= 0.6 is 0 Å². The van der Waals surface area contributed by atoms with E-state index in [1.165, 1.54) is 30.3 Å². The van der Waals surface area contributed by atoms with Crippen LogP contribution < -0.4 is 4.74 Å². The quantitative estimate of drug-likeness (QED) is 0.421. The summed E-state index contributed by atoms with van der Waals surface area (Å²) >= 11 is 0. The van der Waals surface area contributed by atoms with Gasteiger partial charge in [0.25, 0.3) is 0 Å². The van der Waals surface area contributed by atoms with Gasteiger partial charge in [0.1, 0.15) is 40.4 Å². The van der Waals surface area contributed by atoms with Gasteiger partial charge in [-0.2, -0.15) is 23.7 Å². The van der Waals surface area contributed by atoms with E-state index in [1.807, 2.05) is 36.4 Å². The van der Waals surface area contributed by atoms with Crippen LogP contribution in [0.4, 0.5) is 13.2 Å². The van der Waals surface area contributed by atoms with Crippen molar-refractivity contribution in [3.05, 3.63) is 83.4 Å². The third-order valence-electron chi connectivity index (χ3n) is 3.71. The Labute approximate surface area is 157 Å². The second kappa shape index (κ2) is 7.73. The third-order valence-corrected chi connectivity index (χ3v) is 3.71. The first-order valence-corrected chi connectivity index (χ1v) is 7.97. The van der Waals surface area contributed by atoms with Gasteiger partial charge in [-0.3, -0.25) is 0 Å². The maximum absolute atomic E-state index is 12.6. The van der Waals surface area contributed by atoms with E-state index in [9.17, 15) is 13.2 Å². The molecule has 0 saturated heterocycles. The molecule has 0 N–H and O–H groups in total. The van der Waals surface area contributed by atoms with Gasteiger partial charge in [-0.25, -0.2) is 0 Å². The number of nitriles is 2. The number of rotatable bonds is 2. The van der Waals surface area contributed by atoms with Gasteiger partial charge in [-0.15, -0.1) is 0 Å². The molecule has 2 bridgehead atoms. The molecule has 138 valence electrons. The highest BCUT2D eigenvalue weighted by Crippen LogP contribution is 2.33. The van der Waals surface area contributed by atoms with Crippen LogP contribution in [-0.2, 0) is 6.18 Å². The smallest absolute Gasteiger partial charge is 0.416 e. The second-order valence-electron chi connectivity index (χ2n) is 5.60. The van der Waals surface area contributed by atoms with E-state index in [4.69, 9.17) is 19.7 Å². The van der Waals surface area contributed by atoms with Crippen LogP contribution in [0.25, 0.3) is 11.2 Å². The van der Waals surface area contributed by atoms with Gasteiger partial charge in [-0.1, -0.05) is 12.1 Å². The summed E-state index contributed by atoms with van der Waals surface area (Å²) in [5.74, 6) is -0.0210. The van der Waals surface area contributed by atoms with E-state index < -0.39 is 11.7 Å². The van der Waals surface area contributed by atoms with Crippen LogP contribution in [-0.4, -0.2) is 0 Å². The van der Waals surface area contributed by atoms with Crippen LogP contribution in [0.1, 0.15) is 16.7 Å². The molecule has 0 aliphatic carbocycles. The number of nitrogens with zero attached hydrogens (tertiary/aromatic N) is 2. The lowest BCUT2D eigenvalue weighted by Crippen LogP contribution is -2.04. The van der Waals surface area contributed by atoms with Crippen molar-refractivity contribution in [2.75, 3.05) is 0 Å². The normalized spacial score (nSPS) is 10.6. The standard InChI is InChI=1S/C15H7F3N2O.C6H4O/c16-15(17,18)11-4-2-5-12(7-11)21-14-6-1-3-10(8-19)13(14)9-20;1-2-6-4-3-5(1)7-6/h1-7H;1-4H. The van der Waals surface area contributed by atoms with Crippen LogP contribution in [0.15, 0.2) is 71.1 Å². The fraction of sp³-hybridized carbons (Fsp3) is 0.0476. The lowest BCUT2D eigenvalue weighted by Gasteiger charge is -2.11. The molecule has 0 saturated carbocycles. The summed E-state index contributed by atoms with van der Waals surface area (Å²) in [5.41, 5.74) is 1.17. The molecule has 2 heterocycles. The van der Waals surface area contributed by atoms with E-state index in [2.05, 4.69) is 0 Å². The van der Waals surface area contributed by atoms with Crippen molar-refractivity contribution in [1.29, 1.82) is 10.5 Å². The van der Waals surface area contributed by atoms with E-state index in [0.29, 0.717) is 0 Å². The number of halogens is 3. The average Bonchev–Trinajstić information content (AvgIpc) is 3.34. The van der Waals surface area contributed by atoms with Gasteiger partial charge in [0.05, 0.1) is 11.1 Å². The molecule has 0 amide bonds. The fourth-order valence-corrected chi connectivity index (χ4v) is 2.40. The Morgan fingerprint density at radius 3 is 1.96 bits per heavy atom. The second-order valence-corrected chi connectivity index (χ2v) is 5.60. The van der Waals surface area contributed by atoms with Gasteiger partial charge in [-0.05, 0) is 54.6 Å². The molecular formula is C21H11F3N2O2. The Hall–Kier alpha value is -3.97. The summed E-state index contributed by atoms with van der Waals surface area (Å²) in [7, 11) is 0. The molecule has 4 aromatic rings. The largest absolute Gasteiger partial charge is 0.457 e. The number of fused-ring (bicyclic) bond motifs is 2. The maximum atomic E-state index is 12.6. The van der Waals surface area contributed by atoms with Crippen LogP contribution in [0, 0.1) is 22.7 Å². The predicted octanol–water partition coefficient (Wildman–Crippen LogP) is 6.11. The van der Waals surface area contributed by atoms with Crippen molar-refractivity contribution in [2.24, 2.45) is 0 Å². The number of alkyl halides is 3. The molecule has 0 spiro atoms. The van der Waals surface area contributed by atoms with Gasteiger partial charge in [0, 0.05) is 0 Å². The summed E-state index contributed by atoms with van der Waals surface area (Å²) in [5, 5.41) is 17.9. The molecule has 0 radical (unpaired) electrons. The molecule has 2 aromatic carbocycles. The zero-order valence-corrected chi connectivity index (χ0v) is 14.2. The SMILES string of the molecule is N#Cc1cccc(Oc2cccc(C(F)(F)F)c2)c1C#N.c1cc2ccc1o2. The van der Waals surface area contributed by atoms with E-state index in [-0.39, 0.29) is 22.6 Å². The Bertz CT molecular complexity index is 1120. The predicted molar refractivity (Wildman–Crippen MR) is 94.8 cm³/mol. The van der Waals surface area contributed by atoms with Crippen LogP contribution in [0.3, 0.4) is 0 Å². The number of benzene rings is 3. The minimum absolute atomic E-state index is 0.0163. The Morgan fingerprint density at radius 1 is 0.821 bits per heavy atom. The summed E-state index contributed by atoms with van der Waals surface area (Å²) < 4.78 is 48.2. The van der Waals surface area contributed by atoms with Gasteiger partial charge in [0.15, 0.2) is 0 Å². The Kier molecular flexibility index (Phi) is 5.19. The molecule has 0 aliphatic heterocycles. The van der Waals surface area contributed by atoms with Crippen molar-refractivity contribution in [2.45, 2.75) is 6.18 Å². The molecule has 0 unspecified atom stereocenters. The minimum Gasteiger partial charge on any atom is -0.457 e. The van der Waals surface area contributed by atoms with Crippen LogP contribution in [0.5, 0.6) is 11.5 Å². The molecule has 0 fully saturated rings. The summed E-state index contributed by atoms with van der Waals surface area (Å²) in [6.07, 6.45) is -4.48. The first kappa shape index (κ1) is 18.8. The van der Waals surface area contributed by atoms with E-state index in [1.54, 1.807) is 0 Å². The van der Waals surface area contributed by atoms with E-state index >= 15 is 0 Å². The first-order valence-electron chi connectivity index (χ1n) is 7.97. The zero-order valence-electron chi connectivity index (χ0n) is 14.2. The van der Waals surface area contributed by atoms with Crippen molar-refractivity contribution in [1.82, 2.24) is 0 Å². The maximum Gasteiger partial charge on any atom is 0.416 e. The highest BCUT2D eigenvalue weighted by Gasteiger charge is 2.30. The highest BCUT2D eigenvalue weighted by molar-refractivity contribution is 5.59. The molecule has 4 nitrogen and oxygen atoms in total. The van der Waals surface area contributed by atoms with Gasteiger partial charge in [0.2, 0.25) is 0 Å². The number of hydrogen-bond donors (Lipinski definition) is 0. The Morgan fingerprint density at radius 2 is 1.46 bits per heavy atom. The molecule has 4 rings (SSSR count). The molecular weight excluding hydrogens is 369 g/mol. The van der Waals surface area contributed by atoms with Crippen molar-refractivity contribution in [3.63, 3.8) is 0 Å². The summed E-state index contributed by atoms with van der Waals surface area (Å²) in [6, 6.07) is 20.1. The molecule has 0 atom stereocenters. The summed E-state index contributed by atoms with van der Waals surface area (Å²) in [4.78, 5) is 0. The molecule has 0 aliphatic rings. The summed E-state index contributed by atoms with van der Waals surface area (Å²) in [6.45, 7) is 0. The number of hydrogen-bond acceptors (Lipinski definition) is 4. The van der Waals surface area contributed by atoms with Crippen molar-refractivity contribution in [3.8, 4) is 23.6 Å². The van der Waals surface area contributed by atoms with Crippen LogP contribution in [0.2, 0.25) is 0 Å². The molecule has 2 aromatic heterocycles. The monoisotopic (exact) mass is 380 g/mol. The highest BCUT2D eigenvalue weighted by atomic mass is 19.4. The van der Waals surface area contributed by atoms with Crippen molar-refractivity contribution < 1.29 is 22.3 Å². The van der Waals surface area contributed by atoms with Crippen molar-refractivity contribution >= 4 is 11.2 Å². The third kappa shape index (κ3) is 4.22. The topological polar surface area (TPSA) is 69.9 Å². The average molecular weight is 380 g/mol. The number of furan rings is 2. The zero-order chi connectivity index (χ0) is 20.1. The van der Waals surface area contributed by atoms with Gasteiger partial charge >= 0.3 is 6.18 Å². The lowest BCUT2D eigenvalue weighted by atomic mass is 10.1. The van der Waals surface area contributed by atoms with Gasteiger partial charge < -0.3 is 9.15 Å². The molecule has 7 heteroatoms. The first-order chi connectivity index (χ1) is 13.4. The minimum atomic E-state index is -4.48. The number of ether oxygens (including phenoxy) is 1. The van der Waals surface area contributed by atoms with E-state index in [0.717, 1.165) is 23.3 Å². The Balaban J connectivity index is 0.000000264. The molecule has 28 heavy (non-hydrogen) atoms. The fourth-order valence-electron chi connectivity index (χ4n) is 2.40. The lowest BCUT2D eigenvalue weighted by molar-refractivity contribution is -0.137.